The van der Waals surface area contributed by atoms with Crippen molar-refractivity contribution in [1.29, 1.82) is 5.26 Å². The number of halogens is 1. The Bertz CT molecular complexity index is 535. The molecular formula is C11H13FN2O2S. The number of anilines is 1. The van der Waals surface area contributed by atoms with E-state index >= 15 is 0 Å². The largest absolute Gasteiger partial charge is 0.384 e. The zero-order valence-corrected chi connectivity index (χ0v) is 10.2. The maximum atomic E-state index is 13.2. The fraction of sp³-hybridized carbons (Fsp3) is 0.364. The zero-order chi connectivity index (χ0) is 12.9. The van der Waals surface area contributed by atoms with Gasteiger partial charge in [-0.15, -0.1) is 0 Å². The molecule has 0 bridgehead atoms. The van der Waals surface area contributed by atoms with Crippen molar-refractivity contribution in [3.8, 4) is 6.07 Å². The smallest absolute Gasteiger partial charge is 0.147 e. The number of nitrogens with one attached hydrogen (secondary N) is 1. The van der Waals surface area contributed by atoms with Gasteiger partial charge in [0.05, 0.1) is 11.4 Å². The Morgan fingerprint density at radius 1 is 1.47 bits per heavy atom. The van der Waals surface area contributed by atoms with Gasteiger partial charge in [0, 0.05) is 12.8 Å². The van der Waals surface area contributed by atoms with E-state index in [4.69, 9.17) is 5.26 Å². The maximum Gasteiger partial charge on any atom is 0.147 e. The summed E-state index contributed by atoms with van der Waals surface area (Å²) < 4.78 is 34.9. The summed E-state index contributed by atoms with van der Waals surface area (Å²) in [7, 11) is -2.98. The average molecular weight is 256 g/mol. The van der Waals surface area contributed by atoms with Crippen molar-refractivity contribution in [2.75, 3.05) is 23.9 Å². The first-order valence-corrected chi connectivity index (χ1v) is 7.10. The summed E-state index contributed by atoms with van der Waals surface area (Å²) in [6.07, 6.45) is 1.58. The predicted octanol–water partition coefficient (Wildman–Crippen LogP) is 1.54. The Balaban J connectivity index is 2.59. The van der Waals surface area contributed by atoms with Crippen molar-refractivity contribution in [2.45, 2.75) is 6.42 Å². The van der Waals surface area contributed by atoms with Gasteiger partial charge in [-0.05, 0) is 18.6 Å². The molecule has 0 atom stereocenters. The van der Waals surface area contributed by atoms with Crippen LogP contribution < -0.4 is 5.32 Å². The number of nitriles is 1. The molecule has 1 aromatic carbocycles. The minimum Gasteiger partial charge on any atom is -0.384 e. The Morgan fingerprint density at radius 3 is 2.76 bits per heavy atom. The number of hydrogen-bond donors (Lipinski definition) is 1. The van der Waals surface area contributed by atoms with Gasteiger partial charge in [0.25, 0.3) is 0 Å². The molecule has 0 aromatic heterocycles. The van der Waals surface area contributed by atoms with E-state index in [1.807, 2.05) is 0 Å². The van der Waals surface area contributed by atoms with Crippen LogP contribution in [0.2, 0.25) is 0 Å². The average Bonchev–Trinajstić information content (AvgIpc) is 2.23. The second kappa shape index (κ2) is 5.64. The van der Waals surface area contributed by atoms with E-state index in [1.54, 1.807) is 12.1 Å². The minimum atomic E-state index is -2.98. The summed E-state index contributed by atoms with van der Waals surface area (Å²) in [6, 6.07) is 6.05. The molecule has 0 saturated heterocycles. The third kappa shape index (κ3) is 4.41. The quantitative estimate of drug-likeness (QED) is 0.811. The Hall–Kier alpha value is -1.61. The minimum absolute atomic E-state index is 0.0492. The Labute approximate surface area is 100.0 Å². The maximum absolute atomic E-state index is 13.2. The third-order valence-electron chi connectivity index (χ3n) is 2.13. The Morgan fingerprint density at radius 2 is 2.18 bits per heavy atom. The fourth-order valence-electron chi connectivity index (χ4n) is 1.34. The first-order chi connectivity index (χ1) is 7.94. The molecule has 4 nitrogen and oxygen atoms in total. The summed E-state index contributed by atoms with van der Waals surface area (Å²) in [5.41, 5.74) is 0.341. The normalized spacial score (nSPS) is 10.9. The van der Waals surface area contributed by atoms with E-state index in [0.29, 0.717) is 18.7 Å². The molecule has 0 saturated carbocycles. The predicted molar refractivity (Wildman–Crippen MR) is 63.9 cm³/mol. The second-order valence-electron chi connectivity index (χ2n) is 3.68. The first kappa shape index (κ1) is 13.5. The summed E-state index contributed by atoms with van der Waals surface area (Å²) >= 11 is 0. The molecule has 0 fully saturated rings. The van der Waals surface area contributed by atoms with Crippen LogP contribution in [-0.2, 0) is 9.84 Å². The fourth-order valence-corrected chi connectivity index (χ4v) is 2.01. The Kier molecular flexibility index (Phi) is 4.46. The van der Waals surface area contributed by atoms with Crippen LogP contribution in [0, 0.1) is 17.1 Å². The van der Waals surface area contributed by atoms with Crippen molar-refractivity contribution < 1.29 is 12.8 Å². The van der Waals surface area contributed by atoms with Crippen molar-refractivity contribution in [3.63, 3.8) is 0 Å². The molecule has 0 aliphatic heterocycles. The lowest BCUT2D eigenvalue weighted by Gasteiger charge is -2.07. The lowest BCUT2D eigenvalue weighted by molar-refractivity contribution is 0.599. The van der Waals surface area contributed by atoms with Gasteiger partial charge in [-0.25, -0.2) is 12.8 Å². The molecule has 0 heterocycles. The molecule has 17 heavy (non-hydrogen) atoms. The highest BCUT2D eigenvalue weighted by Crippen LogP contribution is 2.17. The van der Waals surface area contributed by atoms with Crippen molar-refractivity contribution >= 4 is 15.5 Å². The summed E-state index contributed by atoms with van der Waals surface area (Å²) in [4.78, 5) is 0. The molecule has 0 radical (unpaired) electrons. The summed E-state index contributed by atoms with van der Waals surface area (Å²) in [5.74, 6) is -0.516. The van der Waals surface area contributed by atoms with E-state index < -0.39 is 15.7 Å². The zero-order valence-electron chi connectivity index (χ0n) is 9.40. The summed E-state index contributed by atoms with van der Waals surface area (Å²) in [6.45, 7) is 0.380. The topological polar surface area (TPSA) is 70.0 Å². The van der Waals surface area contributed by atoms with Gasteiger partial charge in [0.1, 0.15) is 27.3 Å². The standard InChI is InChI=1S/C11H13FN2O2S/c1-17(15,16)7-3-6-14-11-5-2-4-10(12)9(11)8-13/h2,4-5,14H,3,6-7H2,1H3. The van der Waals surface area contributed by atoms with Gasteiger partial charge in [-0.2, -0.15) is 5.26 Å². The van der Waals surface area contributed by atoms with Gasteiger partial charge in [-0.1, -0.05) is 6.07 Å². The van der Waals surface area contributed by atoms with Crippen LogP contribution in [0.1, 0.15) is 12.0 Å². The lowest BCUT2D eigenvalue weighted by Crippen LogP contribution is -2.10. The molecule has 6 heteroatoms. The van der Waals surface area contributed by atoms with Crippen molar-refractivity contribution in [3.05, 3.63) is 29.6 Å². The third-order valence-corrected chi connectivity index (χ3v) is 3.16. The summed E-state index contributed by atoms with van der Waals surface area (Å²) in [5, 5.41) is 11.6. The molecular weight excluding hydrogens is 243 g/mol. The monoisotopic (exact) mass is 256 g/mol. The molecule has 92 valence electrons. The molecule has 1 aromatic rings. The van der Waals surface area contributed by atoms with E-state index in [-0.39, 0.29) is 11.3 Å². The highest BCUT2D eigenvalue weighted by atomic mass is 32.2. The molecule has 0 unspecified atom stereocenters. The van der Waals surface area contributed by atoms with E-state index in [9.17, 15) is 12.8 Å². The molecule has 1 N–H and O–H groups in total. The highest BCUT2D eigenvalue weighted by Gasteiger charge is 2.07. The van der Waals surface area contributed by atoms with Gasteiger partial charge in [0.15, 0.2) is 0 Å². The number of nitrogens with zero attached hydrogens (tertiary/aromatic N) is 1. The molecule has 0 aliphatic carbocycles. The van der Waals surface area contributed by atoms with E-state index in [2.05, 4.69) is 5.32 Å². The van der Waals surface area contributed by atoms with Crippen LogP contribution >= 0.6 is 0 Å². The number of benzene rings is 1. The molecule has 0 aliphatic rings. The van der Waals surface area contributed by atoms with Crippen molar-refractivity contribution in [2.24, 2.45) is 0 Å². The van der Waals surface area contributed by atoms with Gasteiger partial charge in [0.2, 0.25) is 0 Å². The van der Waals surface area contributed by atoms with Crippen LogP contribution in [0.3, 0.4) is 0 Å². The van der Waals surface area contributed by atoms with Gasteiger partial charge >= 0.3 is 0 Å². The van der Waals surface area contributed by atoms with Crippen molar-refractivity contribution in [1.82, 2.24) is 0 Å². The van der Waals surface area contributed by atoms with Crippen LogP contribution in [0.4, 0.5) is 10.1 Å². The lowest BCUT2D eigenvalue weighted by atomic mass is 10.2. The van der Waals surface area contributed by atoms with Crippen LogP contribution in [0.5, 0.6) is 0 Å². The van der Waals surface area contributed by atoms with Gasteiger partial charge < -0.3 is 5.32 Å². The number of sulfone groups is 1. The molecule has 0 spiro atoms. The van der Waals surface area contributed by atoms with Crippen LogP contribution in [0.15, 0.2) is 18.2 Å². The SMILES string of the molecule is CS(=O)(=O)CCCNc1cccc(F)c1C#N. The van der Waals surface area contributed by atoms with Gasteiger partial charge in [-0.3, -0.25) is 0 Å². The van der Waals surface area contributed by atoms with Crippen LogP contribution in [-0.4, -0.2) is 27.0 Å². The highest BCUT2D eigenvalue weighted by molar-refractivity contribution is 7.90. The number of rotatable bonds is 5. The second-order valence-corrected chi connectivity index (χ2v) is 5.94. The van der Waals surface area contributed by atoms with E-state index in [0.717, 1.165) is 6.26 Å². The molecule has 0 amide bonds. The van der Waals surface area contributed by atoms with Crippen LogP contribution in [0.25, 0.3) is 0 Å². The number of hydrogen-bond acceptors (Lipinski definition) is 4. The van der Waals surface area contributed by atoms with E-state index in [1.165, 1.54) is 12.1 Å². The first-order valence-electron chi connectivity index (χ1n) is 5.04. The molecule has 1 rings (SSSR count).